The van der Waals surface area contributed by atoms with Gasteiger partial charge in [-0.15, -0.1) is 0 Å². The lowest BCUT2D eigenvalue weighted by Crippen LogP contribution is -3.14. The average Bonchev–Trinajstić information content (AvgIpc) is 2.42. The second kappa shape index (κ2) is 5.74. The average molecular weight is 304 g/mol. The van der Waals surface area contributed by atoms with E-state index in [1.807, 2.05) is 6.07 Å². The van der Waals surface area contributed by atoms with Gasteiger partial charge in [0.2, 0.25) is 0 Å². The minimum absolute atomic E-state index is 0.147. The topological polar surface area (TPSA) is 64.1 Å². The summed E-state index contributed by atoms with van der Waals surface area (Å²) >= 11 is 0. The second-order valence-electron chi connectivity index (χ2n) is 6.27. The van der Waals surface area contributed by atoms with Gasteiger partial charge in [-0.1, -0.05) is 0 Å². The third-order valence-electron chi connectivity index (χ3n) is 4.28. The second-order valence-corrected chi connectivity index (χ2v) is 6.27. The smallest absolute Gasteiger partial charge is 0.336 e. The Balaban J connectivity index is 2.00. The summed E-state index contributed by atoms with van der Waals surface area (Å²) in [5.41, 5.74) is 1.68. The molecule has 3 rings (SSSR count). The van der Waals surface area contributed by atoms with Gasteiger partial charge in [-0.3, -0.25) is 0 Å². The van der Waals surface area contributed by atoms with Crippen LogP contribution in [0.1, 0.15) is 25.0 Å². The zero-order valence-corrected chi connectivity index (χ0v) is 13.2. The Morgan fingerprint density at radius 3 is 2.64 bits per heavy atom. The molecule has 2 N–H and O–H groups in total. The number of nitrogens with one attached hydrogen (secondary N) is 1. The van der Waals surface area contributed by atoms with Crippen LogP contribution >= 0.6 is 0 Å². The van der Waals surface area contributed by atoms with Gasteiger partial charge in [0.05, 0.1) is 0 Å². The summed E-state index contributed by atoms with van der Waals surface area (Å²) < 4.78 is 11.1. The van der Waals surface area contributed by atoms with Gasteiger partial charge in [0, 0.05) is 22.6 Å². The van der Waals surface area contributed by atoms with E-state index in [1.165, 1.54) is 4.90 Å². The molecule has 118 valence electrons. The molecule has 2 heterocycles. The molecule has 0 saturated carbocycles. The number of morpholine rings is 1. The number of fused-ring (bicyclic) bond motifs is 1. The van der Waals surface area contributed by atoms with Crippen molar-refractivity contribution in [3.05, 3.63) is 39.7 Å². The third-order valence-corrected chi connectivity index (χ3v) is 4.28. The van der Waals surface area contributed by atoms with Crippen LogP contribution in [0.2, 0.25) is 0 Å². The van der Waals surface area contributed by atoms with Gasteiger partial charge in [-0.25, -0.2) is 4.79 Å². The summed E-state index contributed by atoms with van der Waals surface area (Å²) in [5.74, 6) is 0.147. The normalized spacial score (nSPS) is 25.5. The predicted molar refractivity (Wildman–Crippen MR) is 83.3 cm³/mol. The fraction of sp³-hybridized carbons (Fsp3) is 0.471. The van der Waals surface area contributed by atoms with Gasteiger partial charge in [0.15, 0.2) is 0 Å². The molecular weight excluding hydrogens is 282 g/mol. The van der Waals surface area contributed by atoms with E-state index in [-0.39, 0.29) is 23.6 Å². The molecule has 5 heteroatoms. The third kappa shape index (κ3) is 2.87. The molecule has 0 amide bonds. The van der Waals surface area contributed by atoms with E-state index < -0.39 is 0 Å². The highest BCUT2D eigenvalue weighted by molar-refractivity contribution is 5.84. The van der Waals surface area contributed by atoms with E-state index in [0.717, 1.165) is 30.6 Å². The number of phenolic OH excluding ortho intramolecular Hbond substituents is 1. The number of aryl methyl sites for hydroxylation is 1. The number of quaternary nitrogens is 1. The lowest BCUT2D eigenvalue weighted by molar-refractivity contribution is -0.928. The standard InChI is InChI=1S/C17H21NO4/c1-10-7-18(8-11(2)21-10)9-13-6-16(20)22-17-12(3)15(19)5-4-14(13)17/h4-6,10-11,19H,7-9H2,1-3H3/p+1/t10-,11-/m0/s1. The Labute approximate surface area is 129 Å². The fourth-order valence-corrected chi connectivity index (χ4v) is 3.36. The van der Waals surface area contributed by atoms with Crippen LogP contribution in [-0.2, 0) is 11.3 Å². The molecule has 22 heavy (non-hydrogen) atoms. The lowest BCUT2D eigenvalue weighted by Gasteiger charge is -2.32. The van der Waals surface area contributed by atoms with Crippen LogP contribution in [0.4, 0.5) is 0 Å². The highest BCUT2D eigenvalue weighted by atomic mass is 16.5. The molecule has 0 unspecified atom stereocenters. The van der Waals surface area contributed by atoms with Crippen LogP contribution in [-0.4, -0.2) is 30.4 Å². The van der Waals surface area contributed by atoms with Crippen molar-refractivity contribution in [1.82, 2.24) is 0 Å². The molecule has 2 aromatic rings. The highest BCUT2D eigenvalue weighted by Crippen LogP contribution is 2.27. The first-order chi connectivity index (χ1) is 10.4. The van der Waals surface area contributed by atoms with Crippen LogP contribution in [0.25, 0.3) is 11.0 Å². The van der Waals surface area contributed by atoms with E-state index in [4.69, 9.17) is 9.15 Å². The van der Waals surface area contributed by atoms with E-state index >= 15 is 0 Å². The molecule has 0 bridgehead atoms. The Hall–Kier alpha value is -1.85. The van der Waals surface area contributed by atoms with E-state index in [9.17, 15) is 9.90 Å². The van der Waals surface area contributed by atoms with Crippen molar-refractivity contribution in [2.24, 2.45) is 0 Å². The van der Waals surface area contributed by atoms with Crippen LogP contribution in [0.5, 0.6) is 5.75 Å². The predicted octanol–water partition coefficient (Wildman–Crippen LogP) is 0.999. The van der Waals surface area contributed by atoms with Gasteiger partial charge in [0.1, 0.15) is 43.2 Å². The van der Waals surface area contributed by atoms with Crippen molar-refractivity contribution >= 4 is 11.0 Å². The Bertz CT molecular complexity index is 742. The molecule has 0 aliphatic carbocycles. The largest absolute Gasteiger partial charge is 0.508 e. The summed E-state index contributed by atoms with van der Waals surface area (Å²) in [6.45, 7) is 8.51. The first-order valence-electron chi connectivity index (χ1n) is 7.68. The zero-order valence-electron chi connectivity index (χ0n) is 13.2. The van der Waals surface area contributed by atoms with Gasteiger partial charge in [0.25, 0.3) is 0 Å². The molecule has 0 spiro atoms. The molecule has 1 aromatic carbocycles. The summed E-state index contributed by atoms with van der Waals surface area (Å²) in [6.07, 6.45) is 0.437. The maximum absolute atomic E-state index is 11.9. The Morgan fingerprint density at radius 2 is 1.95 bits per heavy atom. The van der Waals surface area contributed by atoms with Crippen LogP contribution in [0.3, 0.4) is 0 Å². The number of aromatic hydroxyl groups is 1. The highest BCUT2D eigenvalue weighted by Gasteiger charge is 2.26. The number of ether oxygens (including phenoxy) is 1. The van der Waals surface area contributed by atoms with Crippen molar-refractivity contribution in [3.63, 3.8) is 0 Å². The molecular formula is C17H22NO4+. The maximum atomic E-state index is 11.9. The number of rotatable bonds is 2. The maximum Gasteiger partial charge on any atom is 0.336 e. The molecule has 0 radical (unpaired) electrons. The molecule has 2 atom stereocenters. The SMILES string of the molecule is Cc1c(O)ccc2c(C[NH+]3C[C@H](C)O[C@@H](C)C3)cc(=O)oc12. The Morgan fingerprint density at radius 1 is 1.27 bits per heavy atom. The first-order valence-corrected chi connectivity index (χ1v) is 7.68. The number of phenols is 1. The molecule has 1 fully saturated rings. The molecule has 1 saturated heterocycles. The lowest BCUT2D eigenvalue weighted by atomic mass is 10.1. The first kappa shape index (κ1) is 15.1. The number of benzene rings is 1. The minimum Gasteiger partial charge on any atom is -0.508 e. The van der Waals surface area contributed by atoms with Gasteiger partial charge < -0.3 is 19.2 Å². The van der Waals surface area contributed by atoms with Crippen LogP contribution in [0, 0.1) is 6.92 Å². The number of hydrogen-bond donors (Lipinski definition) is 2. The summed E-state index contributed by atoms with van der Waals surface area (Å²) in [5, 5.41) is 10.7. The van der Waals surface area contributed by atoms with Crippen molar-refractivity contribution in [2.75, 3.05) is 13.1 Å². The molecule has 5 nitrogen and oxygen atoms in total. The van der Waals surface area contributed by atoms with Crippen molar-refractivity contribution < 1.29 is 19.2 Å². The van der Waals surface area contributed by atoms with Crippen molar-refractivity contribution in [1.29, 1.82) is 0 Å². The zero-order chi connectivity index (χ0) is 15.9. The van der Waals surface area contributed by atoms with Gasteiger partial charge >= 0.3 is 5.63 Å². The van der Waals surface area contributed by atoms with Gasteiger partial charge in [-0.2, -0.15) is 0 Å². The molecule has 1 aromatic heterocycles. The molecule has 1 aliphatic rings. The summed E-state index contributed by atoms with van der Waals surface area (Å²) in [4.78, 5) is 13.2. The van der Waals surface area contributed by atoms with Crippen LogP contribution < -0.4 is 10.5 Å². The van der Waals surface area contributed by atoms with Gasteiger partial charge in [-0.05, 0) is 32.9 Å². The Kier molecular flexibility index (Phi) is 3.93. The monoisotopic (exact) mass is 304 g/mol. The van der Waals surface area contributed by atoms with E-state index in [0.29, 0.717) is 11.1 Å². The fourth-order valence-electron chi connectivity index (χ4n) is 3.36. The molecule has 1 aliphatic heterocycles. The van der Waals surface area contributed by atoms with E-state index in [2.05, 4.69) is 13.8 Å². The summed E-state index contributed by atoms with van der Waals surface area (Å²) in [7, 11) is 0. The van der Waals surface area contributed by atoms with Crippen molar-refractivity contribution in [2.45, 2.75) is 39.5 Å². The number of hydrogen-bond acceptors (Lipinski definition) is 4. The minimum atomic E-state index is -0.370. The van der Waals surface area contributed by atoms with E-state index in [1.54, 1.807) is 19.1 Å². The quantitative estimate of drug-likeness (QED) is 0.813. The van der Waals surface area contributed by atoms with Crippen LogP contribution in [0.15, 0.2) is 27.4 Å². The van der Waals surface area contributed by atoms with Crippen molar-refractivity contribution in [3.8, 4) is 5.75 Å². The summed E-state index contributed by atoms with van der Waals surface area (Å²) in [6, 6.07) is 5.04.